The molecule has 0 aliphatic rings. The Morgan fingerprint density at radius 2 is 1.17 bits per heavy atom. The quantitative estimate of drug-likeness (QED) is 0.221. The molecule has 0 aromatic heterocycles. The third-order valence-electron chi connectivity index (χ3n) is 6.48. The van der Waals surface area contributed by atoms with E-state index in [-0.39, 0.29) is 11.5 Å². The predicted molar refractivity (Wildman–Crippen MR) is 147 cm³/mol. The molecule has 0 atom stereocenters. The first kappa shape index (κ1) is 24.8. The van der Waals surface area contributed by atoms with Crippen LogP contribution in [-0.2, 0) is 0 Å². The number of hydrogen-bond acceptors (Lipinski definition) is 6. The van der Waals surface area contributed by atoms with Crippen LogP contribution in [0.3, 0.4) is 0 Å². The molecule has 6 nitrogen and oxygen atoms in total. The summed E-state index contributed by atoms with van der Waals surface area (Å²) in [5.41, 5.74) is 8.73. The second kappa shape index (κ2) is 10.1. The van der Waals surface area contributed by atoms with Gasteiger partial charge in [-0.3, -0.25) is 0 Å². The summed E-state index contributed by atoms with van der Waals surface area (Å²) in [7, 11) is 1.66. The first-order chi connectivity index (χ1) is 17.2. The minimum absolute atomic E-state index is 0.0626. The summed E-state index contributed by atoms with van der Waals surface area (Å²) in [6.45, 7) is 9.72. The van der Waals surface area contributed by atoms with E-state index in [2.05, 4.69) is 39.5 Å². The van der Waals surface area contributed by atoms with Gasteiger partial charge in [0.2, 0.25) is 0 Å². The Balaban J connectivity index is 1.61. The molecule has 0 radical (unpaired) electrons. The lowest BCUT2D eigenvalue weighted by Gasteiger charge is -2.12. The van der Waals surface area contributed by atoms with Crippen LogP contribution in [0.4, 0.5) is 17.1 Å². The summed E-state index contributed by atoms with van der Waals surface area (Å²) in [5, 5.41) is 39.3. The molecule has 0 saturated heterocycles. The third kappa shape index (κ3) is 4.89. The molecular weight excluding hydrogens is 448 g/mol. The zero-order chi connectivity index (χ0) is 26.0. The number of benzene rings is 4. The van der Waals surface area contributed by atoms with Crippen LogP contribution in [0.2, 0.25) is 0 Å². The highest BCUT2D eigenvalue weighted by atomic mass is 16.3. The van der Waals surface area contributed by atoms with Gasteiger partial charge in [0, 0.05) is 7.05 Å². The van der Waals surface area contributed by atoms with E-state index in [4.69, 9.17) is 0 Å². The summed E-state index contributed by atoms with van der Waals surface area (Å²) in [6.07, 6.45) is 4.16. The molecule has 0 fully saturated rings. The second-order valence-electron chi connectivity index (χ2n) is 9.07. The highest BCUT2D eigenvalue weighted by Gasteiger charge is 2.16. The summed E-state index contributed by atoms with van der Waals surface area (Å²) < 4.78 is 0. The van der Waals surface area contributed by atoms with Crippen molar-refractivity contribution in [3.63, 3.8) is 0 Å². The van der Waals surface area contributed by atoms with Crippen LogP contribution < -0.4 is 0 Å². The highest BCUT2D eigenvalue weighted by Crippen LogP contribution is 2.44. The summed E-state index contributed by atoms with van der Waals surface area (Å²) in [6, 6.07) is 15.7. The van der Waals surface area contributed by atoms with Crippen LogP contribution in [0.5, 0.6) is 11.5 Å². The molecule has 182 valence electrons. The molecule has 0 aliphatic carbocycles. The molecule has 36 heavy (non-hydrogen) atoms. The van der Waals surface area contributed by atoms with Crippen LogP contribution in [0.15, 0.2) is 69.0 Å². The van der Waals surface area contributed by atoms with Gasteiger partial charge < -0.3 is 10.2 Å². The molecule has 0 spiro atoms. The third-order valence-corrected chi connectivity index (χ3v) is 6.48. The van der Waals surface area contributed by atoms with Crippen molar-refractivity contribution >= 4 is 40.0 Å². The van der Waals surface area contributed by atoms with Gasteiger partial charge in [-0.1, -0.05) is 30.4 Å². The monoisotopic (exact) mass is 478 g/mol. The summed E-state index contributed by atoms with van der Waals surface area (Å²) >= 11 is 0. The number of aryl methyl sites for hydroxylation is 4. The Bertz CT molecular complexity index is 1570. The summed E-state index contributed by atoms with van der Waals surface area (Å²) in [5.74, 6) is 0.0120. The van der Waals surface area contributed by atoms with Crippen molar-refractivity contribution in [3.8, 4) is 11.5 Å². The van der Waals surface area contributed by atoms with Crippen molar-refractivity contribution in [2.75, 3.05) is 7.05 Å². The Morgan fingerprint density at radius 1 is 0.611 bits per heavy atom. The van der Waals surface area contributed by atoms with Gasteiger partial charge in [-0.25, -0.2) is 0 Å². The maximum Gasteiger partial charge on any atom is 0.154 e. The van der Waals surface area contributed by atoms with E-state index in [9.17, 15) is 10.2 Å². The number of aromatic hydroxyl groups is 2. The van der Waals surface area contributed by atoms with Crippen molar-refractivity contribution in [2.45, 2.75) is 34.6 Å². The minimum atomic E-state index is -0.0626. The average Bonchev–Trinajstić information content (AvgIpc) is 2.83. The fourth-order valence-electron chi connectivity index (χ4n) is 4.24. The minimum Gasteiger partial charge on any atom is -0.507 e. The van der Waals surface area contributed by atoms with Crippen LogP contribution in [-0.4, -0.2) is 17.3 Å². The van der Waals surface area contributed by atoms with Crippen molar-refractivity contribution in [1.29, 1.82) is 0 Å². The topological polar surface area (TPSA) is 89.9 Å². The second-order valence-corrected chi connectivity index (χ2v) is 9.07. The van der Waals surface area contributed by atoms with E-state index < -0.39 is 0 Å². The molecule has 0 heterocycles. The van der Waals surface area contributed by atoms with Gasteiger partial charge in [-0.2, -0.15) is 15.3 Å². The van der Waals surface area contributed by atoms with Crippen LogP contribution in [0.25, 0.3) is 22.9 Å². The number of azo groups is 2. The maximum atomic E-state index is 10.9. The largest absolute Gasteiger partial charge is 0.507 e. The average molecular weight is 479 g/mol. The number of nitrogens with zero attached hydrogens (tertiary/aromatic N) is 4. The molecule has 4 rings (SSSR count). The number of hydrogen-bond donors (Lipinski definition) is 2. The molecular formula is C30H30N4O2. The maximum absolute atomic E-state index is 10.9. The lowest BCUT2D eigenvalue weighted by molar-refractivity contribution is 0.461. The first-order valence-electron chi connectivity index (χ1n) is 11.8. The van der Waals surface area contributed by atoms with Crippen LogP contribution in [0.1, 0.15) is 38.9 Å². The fraction of sp³-hybridized carbons (Fsp3) is 0.200. The van der Waals surface area contributed by atoms with Crippen molar-refractivity contribution in [2.24, 2.45) is 20.5 Å². The van der Waals surface area contributed by atoms with Crippen molar-refractivity contribution in [3.05, 3.63) is 87.5 Å². The Kier molecular flexibility index (Phi) is 6.97. The smallest absolute Gasteiger partial charge is 0.154 e. The van der Waals surface area contributed by atoms with Gasteiger partial charge in [-0.05, 0) is 109 Å². The van der Waals surface area contributed by atoms with Gasteiger partial charge in [0.1, 0.15) is 11.4 Å². The molecule has 0 aliphatic heterocycles. The zero-order valence-electron chi connectivity index (χ0n) is 21.5. The number of phenolic OH excluding ortho intramolecular Hbond substituents is 2. The Morgan fingerprint density at radius 3 is 1.72 bits per heavy atom. The molecule has 0 amide bonds. The molecule has 4 aromatic carbocycles. The normalized spacial score (nSPS) is 12.1. The lowest BCUT2D eigenvalue weighted by Crippen LogP contribution is -1.87. The molecule has 0 saturated carbocycles. The van der Waals surface area contributed by atoms with Crippen LogP contribution in [0, 0.1) is 34.6 Å². The van der Waals surface area contributed by atoms with E-state index in [1.54, 1.807) is 7.05 Å². The van der Waals surface area contributed by atoms with Crippen LogP contribution >= 0.6 is 0 Å². The van der Waals surface area contributed by atoms with E-state index >= 15 is 0 Å². The van der Waals surface area contributed by atoms with Gasteiger partial charge in [0.15, 0.2) is 5.75 Å². The Hall–Kier alpha value is -4.32. The molecule has 2 N–H and O–H groups in total. The van der Waals surface area contributed by atoms with E-state index in [0.29, 0.717) is 16.8 Å². The molecule has 6 heteroatoms. The van der Waals surface area contributed by atoms with E-state index in [1.807, 2.05) is 76.2 Å². The molecule has 0 unspecified atom stereocenters. The zero-order valence-corrected chi connectivity index (χ0v) is 21.5. The standard InChI is InChI=1S/C30H30N4O2/c1-17-13-24-14-20(4)28(30(36)27(24)29(35)21(17)5)34-33-26-12-10-23(19(3)16-26)8-7-22-9-11-25(32-31-6)15-18(22)2/h7-16,35-36H,1-6H3. The van der Waals surface area contributed by atoms with Gasteiger partial charge in [-0.15, -0.1) is 5.11 Å². The van der Waals surface area contributed by atoms with E-state index in [1.165, 1.54) is 0 Å². The Labute approximate surface area is 211 Å². The predicted octanol–water partition coefficient (Wildman–Crippen LogP) is 9.09. The lowest BCUT2D eigenvalue weighted by atomic mass is 9.98. The van der Waals surface area contributed by atoms with Gasteiger partial charge >= 0.3 is 0 Å². The SMILES string of the molecule is CN=Nc1ccc(C=Cc2ccc(N=Nc3c(C)cc4cc(C)c(C)c(O)c4c3O)cc2C)c(C)c1. The van der Waals surface area contributed by atoms with Gasteiger partial charge in [0.05, 0.1) is 16.8 Å². The highest BCUT2D eigenvalue weighted by molar-refractivity contribution is 5.99. The first-order valence-corrected chi connectivity index (χ1v) is 11.8. The van der Waals surface area contributed by atoms with Crippen molar-refractivity contribution in [1.82, 2.24) is 0 Å². The molecule has 0 bridgehead atoms. The number of phenols is 2. The number of rotatable bonds is 5. The number of fused-ring (bicyclic) bond motifs is 1. The fourth-order valence-corrected chi connectivity index (χ4v) is 4.24. The van der Waals surface area contributed by atoms with Gasteiger partial charge in [0.25, 0.3) is 0 Å². The van der Waals surface area contributed by atoms with Crippen molar-refractivity contribution < 1.29 is 10.2 Å². The molecule has 4 aromatic rings. The summed E-state index contributed by atoms with van der Waals surface area (Å²) in [4.78, 5) is 0. The van der Waals surface area contributed by atoms with E-state index in [0.717, 1.165) is 50.0 Å².